The molecule has 6 heteroatoms. The molecule has 102 valence electrons. The molecule has 0 aliphatic rings. The van der Waals surface area contributed by atoms with Crippen molar-refractivity contribution in [3.05, 3.63) is 53.2 Å². The Balaban J connectivity index is 2.10. The summed E-state index contributed by atoms with van der Waals surface area (Å²) >= 11 is 0. The fourth-order valence-electron chi connectivity index (χ4n) is 2.10. The monoisotopic (exact) mass is 269 g/mol. The van der Waals surface area contributed by atoms with Gasteiger partial charge in [-0.05, 0) is 12.1 Å². The molecule has 2 heterocycles. The highest BCUT2D eigenvalue weighted by Crippen LogP contribution is 2.22. The van der Waals surface area contributed by atoms with E-state index in [0.717, 1.165) is 16.9 Å². The molecule has 0 unspecified atom stereocenters. The molecule has 0 atom stereocenters. The third kappa shape index (κ3) is 1.91. The van der Waals surface area contributed by atoms with E-state index in [1.54, 1.807) is 35.7 Å². The SMILES string of the molecule is Cn1nc(-c2cccc(-n3ccn(C)c3=O)c2)cc1N. The van der Waals surface area contributed by atoms with E-state index in [0.29, 0.717) is 5.82 Å². The van der Waals surface area contributed by atoms with Gasteiger partial charge in [0.2, 0.25) is 0 Å². The minimum atomic E-state index is -0.0808. The van der Waals surface area contributed by atoms with Gasteiger partial charge >= 0.3 is 5.69 Å². The fraction of sp³-hybridized carbons (Fsp3) is 0.143. The van der Waals surface area contributed by atoms with Crippen LogP contribution in [0.5, 0.6) is 0 Å². The Morgan fingerprint density at radius 3 is 2.55 bits per heavy atom. The highest BCUT2D eigenvalue weighted by atomic mass is 16.1. The molecule has 0 bridgehead atoms. The van der Waals surface area contributed by atoms with Crippen LogP contribution in [0.1, 0.15) is 0 Å². The zero-order valence-electron chi connectivity index (χ0n) is 11.3. The van der Waals surface area contributed by atoms with Crippen molar-refractivity contribution >= 4 is 5.82 Å². The predicted molar refractivity (Wildman–Crippen MR) is 77.6 cm³/mol. The number of benzene rings is 1. The van der Waals surface area contributed by atoms with Crippen molar-refractivity contribution in [1.29, 1.82) is 0 Å². The Hall–Kier alpha value is -2.76. The lowest BCUT2D eigenvalue weighted by Crippen LogP contribution is -2.20. The van der Waals surface area contributed by atoms with E-state index in [9.17, 15) is 4.79 Å². The quantitative estimate of drug-likeness (QED) is 0.759. The predicted octanol–water partition coefficient (Wildman–Crippen LogP) is 1.16. The Morgan fingerprint density at radius 2 is 1.95 bits per heavy atom. The summed E-state index contributed by atoms with van der Waals surface area (Å²) in [6.07, 6.45) is 3.47. The molecule has 6 nitrogen and oxygen atoms in total. The second-order valence-electron chi connectivity index (χ2n) is 4.69. The van der Waals surface area contributed by atoms with Gasteiger partial charge in [-0.1, -0.05) is 12.1 Å². The number of imidazole rings is 1. The van der Waals surface area contributed by atoms with Crippen molar-refractivity contribution in [1.82, 2.24) is 18.9 Å². The second-order valence-corrected chi connectivity index (χ2v) is 4.69. The van der Waals surface area contributed by atoms with Gasteiger partial charge in [-0.25, -0.2) is 4.79 Å². The molecule has 2 aromatic heterocycles. The Morgan fingerprint density at radius 1 is 1.15 bits per heavy atom. The maximum atomic E-state index is 12.0. The topological polar surface area (TPSA) is 70.8 Å². The number of aromatic nitrogens is 4. The van der Waals surface area contributed by atoms with E-state index >= 15 is 0 Å². The van der Waals surface area contributed by atoms with Gasteiger partial charge in [0.15, 0.2) is 0 Å². The number of rotatable bonds is 2. The molecule has 0 saturated heterocycles. The van der Waals surface area contributed by atoms with Crippen LogP contribution in [0.4, 0.5) is 5.82 Å². The average Bonchev–Trinajstić information content (AvgIpc) is 2.95. The van der Waals surface area contributed by atoms with Crippen molar-refractivity contribution in [2.45, 2.75) is 0 Å². The molecule has 0 aliphatic heterocycles. The lowest BCUT2D eigenvalue weighted by atomic mass is 10.1. The number of anilines is 1. The Kier molecular flexibility index (Phi) is 2.71. The first-order chi connectivity index (χ1) is 9.56. The van der Waals surface area contributed by atoms with Gasteiger partial charge in [0.25, 0.3) is 0 Å². The standard InChI is InChI=1S/C14H15N5O/c1-17-6-7-19(14(17)20)11-5-3-4-10(8-11)12-9-13(15)18(2)16-12/h3-9H,15H2,1-2H3. The number of nitrogens with zero attached hydrogens (tertiary/aromatic N) is 4. The van der Waals surface area contributed by atoms with Crippen LogP contribution in [-0.4, -0.2) is 18.9 Å². The van der Waals surface area contributed by atoms with Gasteiger partial charge in [-0.15, -0.1) is 0 Å². The van der Waals surface area contributed by atoms with Crippen LogP contribution in [0, 0.1) is 0 Å². The first-order valence-corrected chi connectivity index (χ1v) is 6.20. The number of nitrogens with two attached hydrogens (primary N) is 1. The normalized spacial score (nSPS) is 10.9. The molecule has 3 aromatic rings. The molecule has 0 saturated carbocycles. The molecule has 3 rings (SSSR count). The molecule has 0 aliphatic carbocycles. The molecule has 20 heavy (non-hydrogen) atoms. The minimum Gasteiger partial charge on any atom is -0.384 e. The number of nitrogen functional groups attached to an aromatic ring is 1. The van der Waals surface area contributed by atoms with Crippen LogP contribution >= 0.6 is 0 Å². The minimum absolute atomic E-state index is 0.0808. The average molecular weight is 269 g/mol. The molecule has 0 radical (unpaired) electrons. The Bertz CT molecular complexity index is 805. The lowest BCUT2D eigenvalue weighted by Gasteiger charge is -2.03. The summed E-state index contributed by atoms with van der Waals surface area (Å²) in [5, 5.41) is 4.34. The number of aryl methyl sites for hydroxylation is 2. The van der Waals surface area contributed by atoms with Gasteiger partial charge in [-0.3, -0.25) is 9.25 Å². The third-order valence-electron chi connectivity index (χ3n) is 3.28. The largest absolute Gasteiger partial charge is 0.384 e. The maximum absolute atomic E-state index is 12.0. The highest BCUT2D eigenvalue weighted by molar-refractivity contribution is 5.64. The van der Waals surface area contributed by atoms with E-state index in [1.165, 1.54) is 4.57 Å². The summed E-state index contributed by atoms with van der Waals surface area (Å²) < 4.78 is 4.75. The van der Waals surface area contributed by atoms with Crippen LogP contribution in [0.3, 0.4) is 0 Å². The molecule has 0 fully saturated rings. The zero-order chi connectivity index (χ0) is 14.3. The zero-order valence-corrected chi connectivity index (χ0v) is 11.3. The van der Waals surface area contributed by atoms with Gasteiger partial charge < -0.3 is 10.3 Å². The van der Waals surface area contributed by atoms with Crippen LogP contribution < -0.4 is 11.4 Å². The van der Waals surface area contributed by atoms with Gasteiger partial charge in [0.1, 0.15) is 5.82 Å². The third-order valence-corrected chi connectivity index (χ3v) is 3.28. The van der Waals surface area contributed by atoms with Gasteiger partial charge in [0.05, 0.1) is 11.4 Å². The lowest BCUT2D eigenvalue weighted by molar-refractivity contribution is 0.782. The smallest absolute Gasteiger partial charge is 0.332 e. The van der Waals surface area contributed by atoms with Crippen molar-refractivity contribution < 1.29 is 0 Å². The van der Waals surface area contributed by atoms with E-state index in [-0.39, 0.29) is 5.69 Å². The van der Waals surface area contributed by atoms with Crippen LogP contribution in [0.2, 0.25) is 0 Å². The summed E-state index contributed by atoms with van der Waals surface area (Å²) in [6, 6.07) is 9.46. The molecule has 1 aromatic carbocycles. The van der Waals surface area contributed by atoms with E-state index in [4.69, 9.17) is 5.73 Å². The summed E-state index contributed by atoms with van der Waals surface area (Å²) in [5.74, 6) is 0.599. The van der Waals surface area contributed by atoms with Crippen LogP contribution in [-0.2, 0) is 14.1 Å². The molecular weight excluding hydrogens is 254 g/mol. The molecule has 2 N–H and O–H groups in total. The first-order valence-electron chi connectivity index (χ1n) is 6.20. The van der Waals surface area contributed by atoms with Crippen molar-refractivity contribution in [2.24, 2.45) is 14.1 Å². The van der Waals surface area contributed by atoms with Gasteiger partial charge in [-0.2, -0.15) is 5.10 Å². The van der Waals surface area contributed by atoms with Crippen molar-refractivity contribution in [3.8, 4) is 16.9 Å². The molecule has 0 amide bonds. The van der Waals surface area contributed by atoms with Crippen LogP contribution in [0.25, 0.3) is 16.9 Å². The fourth-order valence-corrected chi connectivity index (χ4v) is 2.10. The van der Waals surface area contributed by atoms with Crippen molar-refractivity contribution in [3.63, 3.8) is 0 Å². The maximum Gasteiger partial charge on any atom is 0.332 e. The summed E-state index contributed by atoms with van der Waals surface area (Å²) in [7, 11) is 3.52. The number of hydrogen-bond acceptors (Lipinski definition) is 3. The van der Waals surface area contributed by atoms with Crippen molar-refractivity contribution in [2.75, 3.05) is 5.73 Å². The Labute approximate surface area is 115 Å². The molecular formula is C14H15N5O. The van der Waals surface area contributed by atoms with Gasteiger partial charge in [0, 0.05) is 38.1 Å². The summed E-state index contributed by atoms with van der Waals surface area (Å²) in [5.41, 5.74) is 8.23. The van der Waals surface area contributed by atoms with E-state index in [2.05, 4.69) is 5.10 Å². The van der Waals surface area contributed by atoms with E-state index < -0.39 is 0 Å². The summed E-state index contributed by atoms with van der Waals surface area (Å²) in [4.78, 5) is 12.0. The highest BCUT2D eigenvalue weighted by Gasteiger charge is 2.08. The summed E-state index contributed by atoms with van der Waals surface area (Å²) in [6.45, 7) is 0. The van der Waals surface area contributed by atoms with Crippen LogP contribution in [0.15, 0.2) is 47.5 Å². The molecule has 0 spiro atoms. The first kappa shape index (κ1) is 12.3. The van der Waals surface area contributed by atoms with E-state index in [1.807, 2.05) is 30.3 Å². The second kappa shape index (κ2) is 4.41. The number of hydrogen-bond donors (Lipinski definition) is 1.